The molecule has 1 aromatic carbocycles. The molecule has 1 aliphatic carbocycles. The highest BCUT2D eigenvalue weighted by Crippen LogP contribution is 2.38. The Morgan fingerprint density at radius 1 is 1.22 bits per heavy atom. The van der Waals surface area contributed by atoms with Gasteiger partial charge in [-0.3, -0.25) is 0 Å². The summed E-state index contributed by atoms with van der Waals surface area (Å²) in [6.45, 7) is 6.52. The molecule has 1 aromatic heterocycles. The highest BCUT2D eigenvalue weighted by atomic mass is 16.5. The van der Waals surface area contributed by atoms with Crippen LogP contribution >= 0.6 is 0 Å². The number of benzene rings is 1. The van der Waals surface area contributed by atoms with Gasteiger partial charge in [0, 0.05) is 18.9 Å². The molecule has 0 spiro atoms. The van der Waals surface area contributed by atoms with Crippen LogP contribution in [0.15, 0.2) is 16.7 Å². The molecule has 1 heterocycles. The van der Waals surface area contributed by atoms with E-state index in [1.54, 1.807) is 0 Å². The molecule has 0 saturated carbocycles. The first-order valence-corrected chi connectivity index (χ1v) is 6.58. The van der Waals surface area contributed by atoms with E-state index < -0.39 is 0 Å². The molecule has 2 heteroatoms. The molecule has 1 atom stereocenters. The summed E-state index contributed by atoms with van der Waals surface area (Å²) < 4.78 is 11.4. The average molecular weight is 244 g/mol. The Balaban J connectivity index is 2.27. The second-order valence-electron chi connectivity index (χ2n) is 5.77. The van der Waals surface area contributed by atoms with Gasteiger partial charge in [-0.25, -0.2) is 0 Å². The largest absolute Gasteiger partial charge is 0.464 e. The quantitative estimate of drug-likeness (QED) is 0.758. The second-order valence-corrected chi connectivity index (χ2v) is 5.77. The van der Waals surface area contributed by atoms with E-state index in [9.17, 15) is 0 Å². The monoisotopic (exact) mass is 244 g/mol. The van der Waals surface area contributed by atoms with E-state index in [-0.39, 0.29) is 5.60 Å². The number of ether oxygens (including phenoxy) is 1. The van der Waals surface area contributed by atoms with Crippen molar-refractivity contribution in [2.75, 3.05) is 7.11 Å². The summed E-state index contributed by atoms with van der Waals surface area (Å²) in [5.41, 5.74) is 6.52. The van der Waals surface area contributed by atoms with Crippen LogP contribution in [-0.2, 0) is 17.6 Å². The predicted octanol–water partition coefficient (Wildman–Crippen LogP) is 3.94. The summed E-state index contributed by atoms with van der Waals surface area (Å²) in [6, 6.07) is 2.18. The molecule has 0 amide bonds. The minimum absolute atomic E-state index is 0.0303. The fourth-order valence-corrected chi connectivity index (χ4v) is 3.20. The molecule has 0 radical (unpaired) electrons. The van der Waals surface area contributed by atoms with Crippen molar-refractivity contribution in [3.63, 3.8) is 0 Å². The first kappa shape index (κ1) is 11.8. The van der Waals surface area contributed by atoms with Gasteiger partial charge in [0.15, 0.2) is 0 Å². The lowest BCUT2D eigenvalue weighted by Crippen LogP contribution is -2.35. The number of furan rings is 1. The summed E-state index contributed by atoms with van der Waals surface area (Å²) in [5.74, 6) is 0. The third-order valence-electron chi connectivity index (χ3n) is 4.44. The lowest BCUT2D eigenvalue weighted by atomic mass is 9.78. The Morgan fingerprint density at radius 2 is 2.00 bits per heavy atom. The Labute approximate surface area is 108 Å². The van der Waals surface area contributed by atoms with Crippen molar-refractivity contribution in [3.05, 3.63) is 34.6 Å². The summed E-state index contributed by atoms with van der Waals surface area (Å²) in [4.78, 5) is 0. The van der Waals surface area contributed by atoms with Gasteiger partial charge in [0.05, 0.1) is 11.9 Å². The van der Waals surface area contributed by atoms with Crippen molar-refractivity contribution in [2.24, 2.45) is 0 Å². The van der Waals surface area contributed by atoms with Gasteiger partial charge in [-0.1, -0.05) is 0 Å². The third-order valence-corrected chi connectivity index (χ3v) is 4.44. The standard InChI is InChI=1S/C16H20O2/c1-10-7-14-15(11(2)9-18-14)13-8-16(3,17-4)6-5-12(10)13/h7,9H,5-6,8H2,1-4H3. The van der Waals surface area contributed by atoms with E-state index in [4.69, 9.17) is 9.15 Å². The van der Waals surface area contributed by atoms with Gasteiger partial charge in [0.1, 0.15) is 5.58 Å². The Morgan fingerprint density at radius 3 is 2.72 bits per heavy atom. The van der Waals surface area contributed by atoms with Crippen molar-refractivity contribution < 1.29 is 9.15 Å². The lowest BCUT2D eigenvalue weighted by molar-refractivity contribution is -0.00469. The van der Waals surface area contributed by atoms with Crippen LogP contribution < -0.4 is 0 Å². The van der Waals surface area contributed by atoms with Crippen LogP contribution in [0, 0.1) is 13.8 Å². The summed E-state index contributed by atoms with van der Waals surface area (Å²) in [6.07, 6.45) is 5.05. The molecule has 1 unspecified atom stereocenters. The summed E-state index contributed by atoms with van der Waals surface area (Å²) >= 11 is 0. The van der Waals surface area contributed by atoms with Crippen LogP contribution in [0.25, 0.3) is 11.0 Å². The van der Waals surface area contributed by atoms with E-state index in [2.05, 4.69) is 26.8 Å². The molecule has 96 valence electrons. The number of hydrogen-bond acceptors (Lipinski definition) is 2. The number of fused-ring (bicyclic) bond motifs is 3. The second kappa shape index (κ2) is 3.86. The molecule has 3 rings (SSSR count). The first-order chi connectivity index (χ1) is 8.54. The van der Waals surface area contributed by atoms with E-state index in [1.165, 1.54) is 27.6 Å². The maximum absolute atomic E-state index is 5.71. The van der Waals surface area contributed by atoms with Crippen molar-refractivity contribution in [3.8, 4) is 0 Å². The molecular weight excluding hydrogens is 224 g/mol. The van der Waals surface area contributed by atoms with Crippen molar-refractivity contribution in [1.29, 1.82) is 0 Å². The molecule has 0 fully saturated rings. The lowest BCUT2D eigenvalue weighted by Gasteiger charge is -2.34. The highest BCUT2D eigenvalue weighted by molar-refractivity contribution is 5.87. The normalized spacial score (nSPS) is 23.3. The molecule has 2 nitrogen and oxygen atoms in total. The van der Waals surface area contributed by atoms with Crippen LogP contribution in [0.5, 0.6) is 0 Å². The minimum Gasteiger partial charge on any atom is -0.464 e. The third kappa shape index (κ3) is 1.59. The zero-order valence-corrected chi connectivity index (χ0v) is 11.6. The van der Waals surface area contributed by atoms with Crippen LogP contribution in [0.4, 0.5) is 0 Å². The Kier molecular flexibility index (Phi) is 2.53. The van der Waals surface area contributed by atoms with Gasteiger partial charge < -0.3 is 9.15 Å². The predicted molar refractivity (Wildman–Crippen MR) is 73.1 cm³/mol. The van der Waals surface area contributed by atoms with Gasteiger partial charge in [-0.05, 0) is 61.9 Å². The van der Waals surface area contributed by atoms with Crippen LogP contribution in [0.2, 0.25) is 0 Å². The number of methoxy groups -OCH3 is 1. The number of rotatable bonds is 1. The van der Waals surface area contributed by atoms with Gasteiger partial charge >= 0.3 is 0 Å². The minimum atomic E-state index is -0.0303. The molecule has 0 bridgehead atoms. The van der Waals surface area contributed by atoms with Gasteiger partial charge in [0.25, 0.3) is 0 Å². The average Bonchev–Trinajstić information content (AvgIpc) is 2.71. The fourth-order valence-electron chi connectivity index (χ4n) is 3.20. The van der Waals surface area contributed by atoms with Gasteiger partial charge in [0.2, 0.25) is 0 Å². The maximum Gasteiger partial charge on any atom is 0.134 e. The summed E-state index contributed by atoms with van der Waals surface area (Å²) in [7, 11) is 1.82. The first-order valence-electron chi connectivity index (χ1n) is 6.58. The summed E-state index contributed by atoms with van der Waals surface area (Å²) in [5, 5.41) is 1.30. The molecule has 0 N–H and O–H groups in total. The smallest absolute Gasteiger partial charge is 0.134 e. The van der Waals surface area contributed by atoms with E-state index in [1.807, 2.05) is 13.4 Å². The van der Waals surface area contributed by atoms with Crippen molar-refractivity contribution in [2.45, 2.75) is 45.6 Å². The van der Waals surface area contributed by atoms with Crippen molar-refractivity contribution >= 4 is 11.0 Å². The topological polar surface area (TPSA) is 22.4 Å². The Hall–Kier alpha value is -1.28. The Bertz CT molecular complexity index is 609. The van der Waals surface area contributed by atoms with Gasteiger partial charge in [-0.15, -0.1) is 0 Å². The molecule has 1 aliphatic rings. The van der Waals surface area contributed by atoms with E-state index in [0.29, 0.717) is 0 Å². The van der Waals surface area contributed by atoms with E-state index in [0.717, 1.165) is 24.8 Å². The van der Waals surface area contributed by atoms with Crippen LogP contribution in [0.3, 0.4) is 0 Å². The molecule has 2 aromatic rings. The van der Waals surface area contributed by atoms with E-state index >= 15 is 0 Å². The van der Waals surface area contributed by atoms with Crippen LogP contribution in [-0.4, -0.2) is 12.7 Å². The van der Waals surface area contributed by atoms with Gasteiger partial charge in [-0.2, -0.15) is 0 Å². The number of hydrogen-bond donors (Lipinski definition) is 0. The molecular formula is C16H20O2. The van der Waals surface area contributed by atoms with Crippen LogP contribution in [0.1, 0.15) is 35.6 Å². The maximum atomic E-state index is 5.71. The zero-order chi connectivity index (χ0) is 12.9. The fraction of sp³-hybridized carbons (Fsp3) is 0.500. The van der Waals surface area contributed by atoms with Crippen molar-refractivity contribution in [1.82, 2.24) is 0 Å². The molecule has 0 saturated heterocycles. The number of aryl methyl sites for hydroxylation is 2. The zero-order valence-electron chi connectivity index (χ0n) is 11.6. The SMILES string of the molecule is COC1(C)CCc2c(C)cc3occ(C)c3c2C1. The molecule has 0 aliphatic heterocycles. The highest BCUT2D eigenvalue weighted by Gasteiger charge is 2.32. The molecule has 18 heavy (non-hydrogen) atoms.